The van der Waals surface area contributed by atoms with Crippen LogP contribution in [0, 0.1) is 5.41 Å². The number of hydrogen-bond acceptors (Lipinski definition) is 6. The Morgan fingerprint density at radius 2 is 2.11 bits per heavy atom. The van der Waals surface area contributed by atoms with Gasteiger partial charge in [0.25, 0.3) is 0 Å². The van der Waals surface area contributed by atoms with Crippen LogP contribution in [-0.4, -0.2) is 57.4 Å². The van der Waals surface area contributed by atoms with Gasteiger partial charge >= 0.3 is 5.97 Å². The van der Waals surface area contributed by atoms with Gasteiger partial charge in [0.05, 0.1) is 0 Å². The summed E-state index contributed by atoms with van der Waals surface area (Å²) in [4.78, 5) is 21.7. The number of hydrogen-bond donors (Lipinski definition) is 2. The summed E-state index contributed by atoms with van der Waals surface area (Å²) in [6.07, 6.45) is 5.40. The number of aliphatic hydroxyl groups is 1. The van der Waals surface area contributed by atoms with Gasteiger partial charge in [0, 0.05) is 48.6 Å². The normalized spacial score (nSPS) is 20.4. The van der Waals surface area contributed by atoms with Crippen molar-refractivity contribution in [1.82, 2.24) is 14.9 Å². The minimum Gasteiger partial charge on any atom is -0.482 e. The van der Waals surface area contributed by atoms with Gasteiger partial charge in [-0.15, -0.1) is 0 Å². The zero-order valence-corrected chi connectivity index (χ0v) is 15.5. The van der Waals surface area contributed by atoms with E-state index in [2.05, 4.69) is 21.8 Å². The fourth-order valence-electron chi connectivity index (χ4n) is 3.50. The average Bonchev–Trinajstić information content (AvgIpc) is 2.67. The smallest absolute Gasteiger partial charge is 0.341 e. The molecule has 7 heteroatoms. The summed E-state index contributed by atoms with van der Waals surface area (Å²) in [6.45, 7) is 4.20. The number of piperidine rings is 1. The first-order valence-electron chi connectivity index (χ1n) is 9.07. The van der Waals surface area contributed by atoms with Crippen molar-refractivity contribution in [2.45, 2.75) is 26.3 Å². The Bertz CT molecular complexity index is 784. The second-order valence-electron chi connectivity index (χ2n) is 7.36. The molecular weight excluding hydrogens is 346 g/mol. The van der Waals surface area contributed by atoms with Crippen LogP contribution in [0.25, 0.3) is 11.4 Å². The van der Waals surface area contributed by atoms with E-state index in [9.17, 15) is 9.90 Å². The molecule has 0 aliphatic carbocycles. The quantitative estimate of drug-likeness (QED) is 0.770. The third kappa shape index (κ3) is 5.02. The van der Waals surface area contributed by atoms with E-state index in [-0.39, 0.29) is 18.6 Å². The van der Waals surface area contributed by atoms with Crippen LogP contribution in [0.1, 0.15) is 25.3 Å². The highest BCUT2D eigenvalue weighted by Crippen LogP contribution is 2.32. The van der Waals surface area contributed by atoms with Crippen LogP contribution >= 0.6 is 0 Å². The molecule has 0 unspecified atom stereocenters. The van der Waals surface area contributed by atoms with Crippen molar-refractivity contribution in [3.63, 3.8) is 0 Å². The SMILES string of the molecule is C[C@@]1(CO)CCCN(Cc2cc(-c3ncccn3)ccc2OCC(=O)O)C1. The number of ether oxygens (including phenoxy) is 1. The van der Waals surface area contributed by atoms with Gasteiger partial charge in [0.15, 0.2) is 12.4 Å². The van der Waals surface area contributed by atoms with Crippen molar-refractivity contribution in [3.05, 3.63) is 42.2 Å². The van der Waals surface area contributed by atoms with Crippen molar-refractivity contribution in [1.29, 1.82) is 0 Å². The average molecular weight is 371 g/mol. The molecule has 0 saturated carbocycles. The van der Waals surface area contributed by atoms with Gasteiger partial charge in [-0.2, -0.15) is 0 Å². The highest BCUT2D eigenvalue weighted by Gasteiger charge is 2.30. The minimum atomic E-state index is -1.01. The number of carbonyl (C=O) groups is 1. The number of benzene rings is 1. The van der Waals surface area contributed by atoms with Crippen LogP contribution < -0.4 is 4.74 Å². The fraction of sp³-hybridized carbons (Fsp3) is 0.450. The molecule has 0 bridgehead atoms. The molecule has 27 heavy (non-hydrogen) atoms. The Labute approximate surface area is 158 Å². The second kappa shape index (κ2) is 8.45. The van der Waals surface area contributed by atoms with E-state index in [1.54, 1.807) is 24.5 Å². The topological polar surface area (TPSA) is 95.8 Å². The van der Waals surface area contributed by atoms with Crippen LogP contribution in [0.15, 0.2) is 36.7 Å². The van der Waals surface area contributed by atoms with Crippen LogP contribution in [0.4, 0.5) is 0 Å². The first-order chi connectivity index (χ1) is 13.0. The van der Waals surface area contributed by atoms with Crippen LogP contribution in [0.3, 0.4) is 0 Å². The van der Waals surface area contributed by atoms with Gasteiger partial charge in [0.1, 0.15) is 5.75 Å². The molecule has 0 amide bonds. The third-order valence-electron chi connectivity index (χ3n) is 4.87. The molecule has 1 aromatic heterocycles. The second-order valence-corrected chi connectivity index (χ2v) is 7.36. The maximum atomic E-state index is 10.9. The highest BCUT2D eigenvalue weighted by atomic mass is 16.5. The molecule has 2 aromatic rings. The summed E-state index contributed by atoms with van der Waals surface area (Å²) in [5.74, 6) is 0.151. The van der Waals surface area contributed by atoms with Crippen molar-refractivity contribution < 1.29 is 19.7 Å². The zero-order chi connectivity index (χ0) is 19.3. The first kappa shape index (κ1) is 19.3. The Morgan fingerprint density at radius 3 is 2.81 bits per heavy atom. The molecule has 144 valence electrons. The van der Waals surface area contributed by atoms with Crippen LogP contribution in [0.5, 0.6) is 5.75 Å². The van der Waals surface area contributed by atoms with Crippen LogP contribution in [0.2, 0.25) is 0 Å². The molecule has 0 spiro atoms. The van der Waals surface area contributed by atoms with Gasteiger partial charge in [0.2, 0.25) is 0 Å². The number of rotatable bonds is 7. The summed E-state index contributed by atoms with van der Waals surface area (Å²) < 4.78 is 5.49. The van der Waals surface area contributed by atoms with E-state index in [4.69, 9.17) is 9.84 Å². The molecule has 3 rings (SSSR count). The largest absolute Gasteiger partial charge is 0.482 e. The number of likely N-dealkylation sites (tertiary alicyclic amines) is 1. The lowest BCUT2D eigenvalue weighted by Gasteiger charge is -2.39. The molecule has 2 N–H and O–H groups in total. The summed E-state index contributed by atoms with van der Waals surface area (Å²) in [5, 5.41) is 18.6. The lowest BCUT2D eigenvalue weighted by Crippen LogP contribution is -2.43. The number of aromatic nitrogens is 2. The summed E-state index contributed by atoms with van der Waals surface area (Å²) >= 11 is 0. The van der Waals surface area contributed by atoms with Gasteiger partial charge in [-0.1, -0.05) is 6.92 Å². The number of nitrogens with zero attached hydrogens (tertiary/aromatic N) is 3. The number of carboxylic acid groups (broad SMARTS) is 1. The molecular formula is C20H25N3O4. The van der Waals surface area contributed by atoms with E-state index >= 15 is 0 Å². The lowest BCUT2D eigenvalue weighted by atomic mass is 9.82. The highest BCUT2D eigenvalue weighted by molar-refractivity contribution is 5.68. The molecule has 1 aliphatic heterocycles. The van der Waals surface area contributed by atoms with E-state index in [1.807, 2.05) is 12.1 Å². The molecule has 1 saturated heterocycles. The zero-order valence-electron chi connectivity index (χ0n) is 15.5. The maximum Gasteiger partial charge on any atom is 0.341 e. The maximum absolute atomic E-state index is 10.9. The van der Waals surface area contributed by atoms with Gasteiger partial charge in [-0.05, 0) is 43.7 Å². The molecule has 1 aromatic carbocycles. The summed E-state index contributed by atoms with van der Waals surface area (Å²) in [7, 11) is 0. The first-order valence-corrected chi connectivity index (χ1v) is 9.07. The Hall–Kier alpha value is -2.51. The van der Waals surface area contributed by atoms with Crippen LogP contribution in [-0.2, 0) is 11.3 Å². The van der Waals surface area contributed by atoms with E-state index < -0.39 is 5.97 Å². The van der Waals surface area contributed by atoms with Gasteiger partial charge < -0.3 is 14.9 Å². The lowest BCUT2D eigenvalue weighted by molar-refractivity contribution is -0.139. The predicted octanol–water partition coefficient (Wildman–Crippen LogP) is 2.20. The minimum absolute atomic E-state index is 0.111. The summed E-state index contributed by atoms with van der Waals surface area (Å²) in [6, 6.07) is 7.33. The molecule has 0 radical (unpaired) electrons. The van der Waals surface area contributed by atoms with E-state index in [0.717, 1.165) is 37.1 Å². The van der Waals surface area contributed by atoms with Crippen molar-refractivity contribution >= 4 is 5.97 Å². The third-order valence-corrected chi connectivity index (χ3v) is 4.87. The Balaban J connectivity index is 1.86. The fourth-order valence-corrected chi connectivity index (χ4v) is 3.50. The molecule has 1 aliphatic rings. The van der Waals surface area contributed by atoms with Crippen molar-refractivity contribution in [3.8, 4) is 17.1 Å². The number of carboxylic acids is 1. The van der Waals surface area contributed by atoms with Crippen molar-refractivity contribution in [2.24, 2.45) is 5.41 Å². The van der Waals surface area contributed by atoms with Gasteiger partial charge in [-0.25, -0.2) is 14.8 Å². The summed E-state index contributed by atoms with van der Waals surface area (Å²) in [5.41, 5.74) is 1.64. The Kier molecular flexibility index (Phi) is 6.03. The van der Waals surface area contributed by atoms with Crippen molar-refractivity contribution in [2.75, 3.05) is 26.3 Å². The monoisotopic (exact) mass is 371 g/mol. The molecule has 1 fully saturated rings. The van der Waals surface area contributed by atoms with E-state index in [0.29, 0.717) is 18.1 Å². The molecule has 7 nitrogen and oxygen atoms in total. The van der Waals surface area contributed by atoms with Gasteiger partial charge in [-0.3, -0.25) is 4.90 Å². The standard InChI is InChI=1S/C20H25N3O4/c1-20(14-24)6-2-9-23(13-20)11-16-10-15(19-21-7-3-8-22-19)4-5-17(16)27-12-18(25)26/h3-5,7-8,10,24H,2,6,9,11-14H2,1H3,(H,25,26)/t20-/m1/s1. The Morgan fingerprint density at radius 1 is 1.33 bits per heavy atom. The molecule has 1 atom stereocenters. The number of aliphatic carboxylic acids is 1. The predicted molar refractivity (Wildman–Crippen MR) is 100 cm³/mol. The molecule has 2 heterocycles. The number of aliphatic hydroxyl groups excluding tert-OH is 1. The van der Waals surface area contributed by atoms with E-state index in [1.165, 1.54) is 0 Å².